The van der Waals surface area contributed by atoms with E-state index in [-0.39, 0.29) is 0 Å². The first kappa shape index (κ1) is 12.2. The summed E-state index contributed by atoms with van der Waals surface area (Å²) in [7, 11) is 0. The molecule has 0 N–H and O–H groups in total. The monoisotopic (exact) mass is 232 g/mol. The summed E-state index contributed by atoms with van der Waals surface area (Å²) in [4.78, 5) is 11.7. The molecular formula is C15H20O2. The Hall–Kier alpha value is -1.31. The lowest BCUT2D eigenvalue weighted by atomic mass is 10.0. The molecular weight excluding hydrogens is 212 g/mol. The summed E-state index contributed by atoms with van der Waals surface area (Å²) >= 11 is 0. The molecule has 0 aromatic heterocycles. The zero-order valence-corrected chi connectivity index (χ0v) is 10.4. The number of benzene rings is 1. The lowest BCUT2D eigenvalue weighted by Gasteiger charge is -2.10. The standard InChI is InChI=1S/C15H20O2/c1-2-11-17-15-6-4-3-5-13(15)9-10-14(16)12-7-8-12/h3-6,12H,2,7-11H2,1H3. The smallest absolute Gasteiger partial charge is 0.136 e. The van der Waals surface area contributed by atoms with Crippen molar-refractivity contribution >= 4 is 5.78 Å². The summed E-state index contributed by atoms with van der Waals surface area (Å²) in [5, 5.41) is 0. The average molecular weight is 232 g/mol. The molecule has 0 amide bonds. The van der Waals surface area contributed by atoms with E-state index in [1.54, 1.807) is 0 Å². The maximum Gasteiger partial charge on any atom is 0.136 e. The third-order valence-electron chi connectivity index (χ3n) is 3.11. The van der Waals surface area contributed by atoms with Crippen LogP contribution < -0.4 is 4.74 Å². The third kappa shape index (κ3) is 3.58. The molecule has 1 aliphatic rings. The molecule has 1 aromatic carbocycles. The van der Waals surface area contributed by atoms with Crippen LogP contribution in [0.15, 0.2) is 24.3 Å². The summed E-state index contributed by atoms with van der Waals surface area (Å²) < 4.78 is 5.68. The lowest BCUT2D eigenvalue weighted by Crippen LogP contribution is -2.04. The first-order chi connectivity index (χ1) is 8.31. The predicted molar refractivity (Wildman–Crippen MR) is 68.3 cm³/mol. The number of para-hydroxylation sites is 1. The quantitative estimate of drug-likeness (QED) is 0.720. The van der Waals surface area contributed by atoms with Gasteiger partial charge < -0.3 is 4.74 Å². The number of carbonyl (C=O) groups excluding carboxylic acids is 1. The van der Waals surface area contributed by atoms with Gasteiger partial charge in [0.2, 0.25) is 0 Å². The Morgan fingerprint density at radius 2 is 2.12 bits per heavy atom. The van der Waals surface area contributed by atoms with Crippen molar-refractivity contribution in [2.45, 2.75) is 39.0 Å². The van der Waals surface area contributed by atoms with Crippen molar-refractivity contribution in [3.63, 3.8) is 0 Å². The summed E-state index contributed by atoms with van der Waals surface area (Å²) in [5.74, 6) is 1.74. The van der Waals surface area contributed by atoms with Gasteiger partial charge in [0.1, 0.15) is 11.5 Å². The van der Waals surface area contributed by atoms with E-state index in [1.165, 1.54) is 0 Å². The molecule has 2 nitrogen and oxygen atoms in total. The molecule has 1 fully saturated rings. The van der Waals surface area contributed by atoms with Crippen molar-refractivity contribution in [3.8, 4) is 5.75 Å². The fourth-order valence-electron chi connectivity index (χ4n) is 1.93. The van der Waals surface area contributed by atoms with Crippen molar-refractivity contribution < 1.29 is 9.53 Å². The number of aryl methyl sites for hydroxylation is 1. The van der Waals surface area contributed by atoms with Gasteiger partial charge in [0.25, 0.3) is 0 Å². The van der Waals surface area contributed by atoms with Crippen LogP contribution in [0.3, 0.4) is 0 Å². The van der Waals surface area contributed by atoms with Crippen LogP contribution in [-0.4, -0.2) is 12.4 Å². The molecule has 0 radical (unpaired) electrons. The second-order valence-electron chi connectivity index (χ2n) is 4.70. The molecule has 0 aliphatic heterocycles. The molecule has 17 heavy (non-hydrogen) atoms. The molecule has 0 saturated heterocycles. The number of hydrogen-bond acceptors (Lipinski definition) is 2. The molecule has 92 valence electrons. The Kier molecular flexibility index (Phi) is 4.18. The Balaban J connectivity index is 1.91. The maximum atomic E-state index is 11.7. The fourth-order valence-corrected chi connectivity index (χ4v) is 1.93. The maximum absolute atomic E-state index is 11.7. The van der Waals surface area contributed by atoms with E-state index < -0.39 is 0 Å². The second-order valence-corrected chi connectivity index (χ2v) is 4.70. The van der Waals surface area contributed by atoms with Crippen LogP contribution in [0.25, 0.3) is 0 Å². The van der Waals surface area contributed by atoms with Gasteiger partial charge in [0, 0.05) is 12.3 Å². The Bertz CT molecular complexity index is 380. The van der Waals surface area contributed by atoms with E-state index in [1.807, 2.05) is 18.2 Å². The fraction of sp³-hybridized carbons (Fsp3) is 0.533. The number of Topliss-reactive ketones (excluding diaryl/α,β-unsaturated/α-hetero) is 1. The van der Waals surface area contributed by atoms with Crippen LogP contribution in [0.4, 0.5) is 0 Å². The van der Waals surface area contributed by atoms with Gasteiger partial charge in [-0.05, 0) is 37.3 Å². The van der Waals surface area contributed by atoms with Crippen molar-refractivity contribution in [2.24, 2.45) is 5.92 Å². The predicted octanol–water partition coefficient (Wildman–Crippen LogP) is 3.39. The third-order valence-corrected chi connectivity index (χ3v) is 3.11. The van der Waals surface area contributed by atoms with E-state index in [0.717, 1.165) is 43.6 Å². The molecule has 0 atom stereocenters. The van der Waals surface area contributed by atoms with Crippen molar-refractivity contribution in [3.05, 3.63) is 29.8 Å². The van der Waals surface area contributed by atoms with Crippen molar-refractivity contribution in [1.29, 1.82) is 0 Å². The highest BCUT2D eigenvalue weighted by molar-refractivity contribution is 5.83. The normalized spacial score (nSPS) is 14.6. The van der Waals surface area contributed by atoms with Gasteiger partial charge >= 0.3 is 0 Å². The van der Waals surface area contributed by atoms with E-state index in [9.17, 15) is 4.79 Å². The molecule has 1 aromatic rings. The Morgan fingerprint density at radius 3 is 2.82 bits per heavy atom. The molecule has 2 heteroatoms. The average Bonchev–Trinajstić information content (AvgIpc) is 3.18. The minimum absolute atomic E-state index is 0.374. The van der Waals surface area contributed by atoms with Gasteiger partial charge in [-0.15, -0.1) is 0 Å². The summed E-state index contributed by atoms with van der Waals surface area (Å²) in [6, 6.07) is 8.05. The van der Waals surface area contributed by atoms with Crippen LogP contribution in [0.1, 0.15) is 38.2 Å². The number of hydrogen-bond donors (Lipinski definition) is 0. The first-order valence-electron chi connectivity index (χ1n) is 6.54. The summed E-state index contributed by atoms with van der Waals surface area (Å²) in [5.41, 5.74) is 1.16. The highest BCUT2D eigenvalue weighted by Gasteiger charge is 2.28. The number of ketones is 1. The van der Waals surface area contributed by atoms with E-state index in [0.29, 0.717) is 18.1 Å². The van der Waals surface area contributed by atoms with E-state index >= 15 is 0 Å². The largest absolute Gasteiger partial charge is 0.493 e. The highest BCUT2D eigenvalue weighted by atomic mass is 16.5. The highest BCUT2D eigenvalue weighted by Crippen LogP contribution is 2.31. The molecule has 0 unspecified atom stereocenters. The van der Waals surface area contributed by atoms with Crippen LogP contribution >= 0.6 is 0 Å². The molecule has 0 heterocycles. The van der Waals surface area contributed by atoms with Gasteiger partial charge in [-0.2, -0.15) is 0 Å². The molecule has 0 spiro atoms. The lowest BCUT2D eigenvalue weighted by molar-refractivity contribution is -0.120. The van der Waals surface area contributed by atoms with Gasteiger partial charge in [-0.3, -0.25) is 4.79 Å². The van der Waals surface area contributed by atoms with Crippen LogP contribution in [0.2, 0.25) is 0 Å². The van der Waals surface area contributed by atoms with Crippen molar-refractivity contribution in [2.75, 3.05) is 6.61 Å². The second kappa shape index (κ2) is 5.85. The van der Waals surface area contributed by atoms with Crippen LogP contribution in [0.5, 0.6) is 5.75 Å². The Labute approximate surface area is 103 Å². The number of ether oxygens (including phenoxy) is 1. The molecule has 0 bridgehead atoms. The SMILES string of the molecule is CCCOc1ccccc1CCC(=O)C1CC1. The number of carbonyl (C=O) groups is 1. The van der Waals surface area contributed by atoms with Gasteiger partial charge in [-0.1, -0.05) is 25.1 Å². The molecule has 2 rings (SSSR count). The van der Waals surface area contributed by atoms with Crippen LogP contribution in [-0.2, 0) is 11.2 Å². The van der Waals surface area contributed by atoms with E-state index in [2.05, 4.69) is 13.0 Å². The first-order valence-corrected chi connectivity index (χ1v) is 6.54. The molecule has 1 saturated carbocycles. The van der Waals surface area contributed by atoms with Crippen molar-refractivity contribution in [1.82, 2.24) is 0 Å². The topological polar surface area (TPSA) is 26.3 Å². The zero-order valence-electron chi connectivity index (χ0n) is 10.4. The molecule has 1 aliphatic carbocycles. The van der Waals surface area contributed by atoms with Gasteiger partial charge in [0.15, 0.2) is 0 Å². The minimum Gasteiger partial charge on any atom is -0.493 e. The minimum atomic E-state index is 0.374. The zero-order chi connectivity index (χ0) is 12.1. The Morgan fingerprint density at radius 1 is 1.35 bits per heavy atom. The van der Waals surface area contributed by atoms with Gasteiger partial charge in [0.05, 0.1) is 6.61 Å². The number of rotatable bonds is 7. The van der Waals surface area contributed by atoms with Gasteiger partial charge in [-0.25, -0.2) is 0 Å². The summed E-state index contributed by atoms with van der Waals surface area (Å²) in [6.07, 6.45) is 4.70. The van der Waals surface area contributed by atoms with E-state index in [4.69, 9.17) is 4.74 Å². The van der Waals surface area contributed by atoms with Crippen LogP contribution in [0, 0.1) is 5.92 Å². The summed E-state index contributed by atoms with van der Waals surface area (Å²) in [6.45, 7) is 2.84.